The zero-order chi connectivity index (χ0) is 9.56. The van der Waals surface area contributed by atoms with Gasteiger partial charge in [0.1, 0.15) is 5.75 Å². The summed E-state index contributed by atoms with van der Waals surface area (Å²) in [6, 6.07) is 7.04. The fourth-order valence-electron chi connectivity index (χ4n) is 0.452. The van der Waals surface area contributed by atoms with E-state index in [0.29, 0.717) is 0 Å². The molecule has 68 valence electrons. The van der Waals surface area contributed by atoms with Crippen LogP contribution >= 0.6 is 24.5 Å². The quantitative estimate of drug-likeness (QED) is 0.527. The van der Waals surface area contributed by atoms with Gasteiger partial charge >= 0.3 is 8.60 Å². The van der Waals surface area contributed by atoms with Crippen molar-refractivity contribution in [2.75, 3.05) is 0 Å². The Morgan fingerprint density at radius 3 is 1.75 bits per heavy atom. The third-order valence-electron chi connectivity index (χ3n) is 0.852. The Kier molecular flexibility index (Phi) is 6.24. The molecule has 0 saturated carbocycles. The van der Waals surface area contributed by atoms with Crippen LogP contribution in [0, 0.1) is 0 Å². The van der Waals surface area contributed by atoms with E-state index in [2.05, 4.69) is 15.9 Å². The molecule has 1 rings (SSSR count). The monoisotopic (exact) mass is 254 g/mol. The number of hydrogen-bond donors (Lipinski definition) is 4. The minimum Gasteiger partial charge on any atom is -0.507 e. The minimum atomic E-state index is -2.62. The van der Waals surface area contributed by atoms with Gasteiger partial charge in [-0.25, -0.2) is 0 Å². The van der Waals surface area contributed by atoms with Gasteiger partial charge in [-0.3, -0.25) is 0 Å². The Labute approximate surface area is 79.2 Å². The third-order valence-corrected chi connectivity index (χ3v) is 1.52. The van der Waals surface area contributed by atoms with Crippen molar-refractivity contribution in [1.29, 1.82) is 0 Å². The lowest BCUT2D eigenvalue weighted by atomic mass is 10.3. The van der Waals surface area contributed by atoms with E-state index in [-0.39, 0.29) is 5.75 Å². The average molecular weight is 255 g/mol. The van der Waals surface area contributed by atoms with Gasteiger partial charge in [-0.1, -0.05) is 12.1 Å². The standard InChI is InChI=1S/C6H5BrO.H3O3P/c7-5-3-1-2-4-6(5)8;1-4(2)3/h1-4,8H;1-3H. The Balaban J connectivity index is 0.000000261. The molecule has 4 nitrogen and oxygen atoms in total. The normalized spacial score (nSPS) is 9.08. The lowest BCUT2D eigenvalue weighted by Gasteiger charge is -1.90. The minimum absolute atomic E-state index is 0.285. The van der Waals surface area contributed by atoms with E-state index in [9.17, 15) is 0 Å². The number of phenolic OH excluding ortho intramolecular Hbond substituents is 1. The summed E-state index contributed by atoms with van der Waals surface area (Å²) < 4.78 is 0.736. The first-order valence-corrected chi connectivity index (χ1v) is 4.83. The molecule has 0 fully saturated rings. The molecule has 0 aliphatic carbocycles. The molecule has 0 aromatic heterocycles. The van der Waals surface area contributed by atoms with Gasteiger partial charge < -0.3 is 19.8 Å². The summed E-state index contributed by atoms with van der Waals surface area (Å²) in [6.45, 7) is 0. The van der Waals surface area contributed by atoms with Gasteiger partial charge in [0.2, 0.25) is 0 Å². The number of para-hydroxylation sites is 1. The predicted molar refractivity (Wildman–Crippen MR) is 49.4 cm³/mol. The van der Waals surface area contributed by atoms with Gasteiger partial charge in [0.05, 0.1) is 4.47 Å². The molecular formula is C6H8BrO4P. The summed E-state index contributed by atoms with van der Waals surface area (Å²) in [4.78, 5) is 21.7. The first-order chi connectivity index (χ1) is 5.54. The smallest absolute Gasteiger partial charge is 0.324 e. The zero-order valence-electron chi connectivity index (χ0n) is 5.92. The van der Waals surface area contributed by atoms with Gasteiger partial charge in [0.25, 0.3) is 0 Å². The molecule has 6 heteroatoms. The SMILES string of the molecule is OP(O)O.Oc1ccccc1Br. The lowest BCUT2D eigenvalue weighted by molar-refractivity contribution is 0.368. The van der Waals surface area contributed by atoms with Gasteiger partial charge in [-0.15, -0.1) is 0 Å². The molecule has 4 N–H and O–H groups in total. The number of halogens is 1. The molecule has 0 bridgehead atoms. The number of phenols is 1. The number of aromatic hydroxyl groups is 1. The van der Waals surface area contributed by atoms with Crippen LogP contribution in [0.3, 0.4) is 0 Å². The van der Waals surface area contributed by atoms with Gasteiger partial charge in [0, 0.05) is 0 Å². The van der Waals surface area contributed by atoms with E-state index >= 15 is 0 Å². The topological polar surface area (TPSA) is 80.9 Å². The van der Waals surface area contributed by atoms with E-state index in [1.807, 2.05) is 6.07 Å². The average Bonchev–Trinajstić information content (AvgIpc) is 1.94. The van der Waals surface area contributed by atoms with Gasteiger partial charge in [-0.2, -0.15) is 0 Å². The highest BCUT2D eigenvalue weighted by atomic mass is 79.9. The summed E-state index contributed by atoms with van der Waals surface area (Å²) in [5, 5.41) is 8.87. The van der Waals surface area contributed by atoms with Crippen molar-refractivity contribution in [2.45, 2.75) is 0 Å². The van der Waals surface area contributed by atoms with Crippen LogP contribution in [0.25, 0.3) is 0 Å². The molecule has 12 heavy (non-hydrogen) atoms. The fourth-order valence-corrected chi connectivity index (χ4v) is 0.737. The Hall–Kier alpha value is -0.190. The molecule has 0 heterocycles. The number of hydrogen-bond acceptors (Lipinski definition) is 4. The van der Waals surface area contributed by atoms with Crippen molar-refractivity contribution in [3.05, 3.63) is 28.7 Å². The molecule has 1 aromatic carbocycles. The first kappa shape index (κ1) is 11.8. The molecule has 0 radical (unpaired) electrons. The Morgan fingerprint density at radius 2 is 1.50 bits per heavy atom. The summed E-state index contributed by atoms with van der Waals surface area (Å²) in [7, 11) is -2.62. The van der Waals surface area contributed by atoms with Gasteiger partial charge in [0.15, 0.2) is 0 Å². The summed E-state index contributed by atoms with van der Waals surface area (Å²) in [5.74, 6) is 0.285. The van der Waals surface area contributed by atoms with Crippen LogP contribution in [0.4, 0.5) is 0 Å². The van der Waals surface area contributed by atoms with Crippen LogP contribution in [0.15, 0.2) is 28.7 Å². The molecular weight excluding hydrogens is 247 g/mol. The van der Waals surface area contributed by atoms with Crippen LogP contribution < -0.4 is 0 Å². The van der Waals surface area contributed by atoms with E-state index in [1.54, 1.807) is 18.2 Å². The van der Waals surface area contributed by atoms with E-state index in [4.69, 9.17) is 19.8 Å². The zero-order valence-corrected chi connectivity index (χ0v) is 8.40. The van der Waals surface area contributed by atoms with Crippen LogP contribution in [0.1, 0.15) is 0 Å². The summed E-state index contributed by atoms with van der Waals surface area (Å²) >= 11 is 3.15. The summed E-state index contributed by atoms with van der Waals surface area (Å²) in [5.41, 5.74) is 0. The van der Waals surface area contributed by atoms with Crippen molar-refractivity contribution < 1.29 is 19.8 Å². The highest BCUT2D eigenvalue weighted by molar-refractivity contribution is 9.10. The second-order valence-electron chi connectivity index (χ2n) is 1.72. The van der Waals surface area contributed by atoms with E-state index in [0.717, 1.165) is 4.47 Å². The molecule has 0 amide bonds. The summed E-state index contributed by atoms with van der Waals surface area (Å²) in [6.07, 6.45) is 0. The van der Waals surface area contributed by atoms with Crippen LogP contribution in [0.5, 0.6) is 5.75 Å². The lowest BCUT2D eigenvalue weighted by Crippen LogP contribution is -1.63. The predicted octanol–water partition coefficient (Wildman–Crippen LogP) is 1.34. The maximum atomic E-state index is 8.87. The maximum Gasteiger partial charge on any atom is 0.324 e. The Bertz CT molecular complexity index is 207. The van der Waals surface area contributed by atoms with Crippen molar-refractivity contribution >= 4 is 24.5 Å². The van der Waals surface area contributed by atoms with Crippen molar-refractivity contribution in [3.8, 4) is 5.75 Å². The molecule has 0 unspecified atom stereocenters. The van der Waals surface area contributed by atoms with Gasteiger partial charge in [-0.05, 0) is 28.1 Å². The molecule has 0 saturated heterocycles. The Morgan fingerprint density at radius 1 is 1.08 bits per heavy atom. The van der Waals surface area contributed by atoms with Crippen LogP contribution in [-0.4, -0.2) is 19.8 Å². The van der Waals surface area contributed by atoms with Crippen molar-refractivity contribution in [2.24, 2.45) is 0 Å². The van der Waals surface area contributed by atoms with E-state index < -0.39 is 8.60 Å². The highest BCUT2D eigenvalue weighted by Gasteiger charge is 1.89. The van der Waals surface area contributed by atoms with Crippen LogP contribution in [-0.2, 0) is 0 Å². The second-order valence-corrected chi connectivity index (χ2v) is 3.11. The molecule has 0 aliphatic heterocycles. The van der Waals surface area contributed by atoms with Crippen LogP contribution in [0.2, 0.25) is 0 Å². The number of benzene rings is 1. The molecule has 0 aliphatic rings. The third kappa shape index (κ3) is 6.52. The van der Waals surface area contributed by atoms with Crippen molar-refractivity contribution in [3.63, 3.8) is 0 Å². The maximum absolute atomic E-state index is 8.87. The van der Waals surface area contributed by atoms with E-state index in [1.165, 1.54) is 0 Å². The molecule has 0 spiro atoms. The molecule has 1 aromatic rings. The molecule has 0 atom stereocenters. The largest absolute Gasteiger partial charge is 0.507 e. The first-order valence-electron chi connectivity index (χ1n) is 2.84. The van der Waals surface area contributed by atoms with Crippen molar-refractivity contribution in [1.82, 2.24) is 0 Å². The fraction of sp³-hybridized carbons (Fsp3) is 0. The second kappa shape index (κ2) is 6.34. The highest BCUT2D eigenvalue weighted by Crippen LogP contribution is 2.21. The number of rotatable bonds is 0.